The first kappa shape index (κ1) is 33.1. The molecule has 1 unspecified atom stereocenters. The number of hydrogen-bond acceptors (Lipinski definition) is 14. The van der Waals surface area contributed by atoms with Gasteiger partial charge in [0.15, 0.2) is 17.0 Å². The number of nitrogens with one attached hydrogen (secondary N) is 1. The highest BCUT2D eigenvalue weighted by atomic mass is 32.2. The number of rotatable bonds is 12. The Morgan fingerprint density at radius 3 is 2.38 bits per heavy atom. The molecule has 18 heteroatoms. The average molecular weight is 659 g/mol. The van der Waals surface area contributed by atoms with E-state index in [4.69, 9.17) is 11.5 Å². The number of carbonyl (C=O) groups is 4. The van der Waals surface area contributed by atoms with Gasteiger partial charge in [-0.3, -0.25) is 19.3 Å². The van der Waals surface area contributed by atoms with Crippen molar-refractivity contribution in [3.8, 4) is 0 Å². The smallest absolute Gasteiger partial charge is 0.480 e. The largest absolute Gasteiger partial charge is 0.488 e. The molecule has 3 heterocycles. The van der Waals surface area contributed by atoms with Crippen LogP contribution in [0, 0.1) is 0 Å². The average Bonchev–Trinajstić information content (AvgIpc) is 3.48. The molecule has 0 bridgehead atoms. The number of carbonyl (C=O) groups excluding carboxylic acids is 3. The number of aliphatic carboxylic acids is 1. The van der Waals surface area contributed by atoms with E-state index in [9.17, 15) is 34.3 Å². The summed E-state index contributed by atoms with van der Waals surface area (Å²) in [6.07, 6.45) is 1.14. The van der Waals surface area contributed by atoms with Crippen LogP contribution in [0.5, 0.6) is 0 Å². The summed E-state index contributed by atoms with van der Waals surface area (Å²) in [6.45, 7) is 0.849. The van der Waals surface area contributed by atoms with Crippen LogP contribution in [0.15, 0.2) is 54.7 Å². The van der Waals surface area contributed by atoms with Crippen LogP contribution in [0.3, 0.4) is 0 Å². The number of nitrogens with zero attached hydrogens (tertiary/aromatic N) is 6. The van der Waals surface area contributed by atoms with Crippen LogP contribution >= 0.6 is 11.8 Å². The molecule has 0 aliphatic carbocycles. The van der Waals surface area contributed by atoms with Gasteiger partial charge in [-0.2, -0.15) is 9.97 Å². The third-order valence-corrected chi connectivity index (χ3v) is 8.17. The molecule has 4 aromatic rings. The lowest BCUT2D eigenvalue weighted by Crippen LogP contribution is -2.42. The normalized spacial score (nSPS) is 13.4. The van der Waals surface area contributed by atoms with Crippen molar-refractivity contribution in [1.29, 1.82) is 0 Å². The summed E-state index contributed by atoms with van der Waals surface area (Å²) in [5, 5.41) is 30.7. The summed E-state index contributed by atoms with van der Waals surface area (Å²) < 4.78 is 0. The molecule has 1 aliphatic rings. The maximum Gasteiger partial charge on any atom is 0.488 e. The van der Waals surface area contributed by atoms with Crippen LogP contribution in [0.2, 0.25) is 0 Å². The number of fused-ring (bicyclic) bond motifs is 1. The second kappa shape index (κ2) is 14.4. The van der Waals surface area contributed by atoms with Gasteiger partial charge in [-0.15, -0.1) is 0 Å². The number of hydrogen-bond donors (Lipinski definition) is 6. The molecule has 0 saturated carbocycles. The molecule has 1 fully saturated rings. The first-order chi connectivity index (χ1) is 22.5. The molecule has 47 heavy (non-hydrogen) atoms. The zero-order chi connectivity index (χ0) is 33.7. The van der Waals surface area contributed by atoms with Crippen molar-refractivity contribution in [3.63, 3.8) is 0 Å². The molecule has 1 saturated heterocycles. The SMILES string of the molecule is Nc1nc(N)c2nc(CN(Cc3ccc(B(O)O)cc3)c3ccc(C(=O)NC(CCC(=O)N4CCSC4=O)C(=O)O)cc3)cnc2n1. The Bertz CT molecular complexity index is 1810. The number of imide groups is 1. The monoisotopic (exact) mass is 659 g/mol. The van der Waals surface area contributed by atoms with Gasteiger partial charge in [0, 0.05) is 36.5 Å². The fourth-order valence-corrected chi connectivity index (χ4v) is 5.65. The molecular formula is C29H30BN9O7S. The molecule has 242 valence electrons. The highest BCUT2D eigenvalue weighted by molar-refractivity contribution is 8.13. The molecule has 0 radical (unpaired) electrons. The molecule has 3 amide bonds. The Kier molecular flexibility index (Phi) is 10.1. The third-order valence-electron chi connectivity index (χ3n) is 7.31. The summed E-state index contributed by atoms with van der Waals surface area (Å²) in [5.74, 6) is -1.89. The molecule has 1 aliphatic heterocycles. The van der Waals surface area contributed by atoms with Gasteiger partial charge in [0.25, 0.3) is 11.1 Å². The number of anilines is 3. The molecule has 0 spiro atoms. The van der Waals surface area contributed by atoms with Gasteiger partial charge in [-0.25, -0.2) is 14.8 Å². The summed E-state index contributed by atoms with van der Waals surface area (Å²) >= 11 is 1.03. The predicted octanol–water partition coefficient (Wildman–Crippen LogP) is 0.129. The summed E-state index contributed by atoms with van der Waals surface area (Å²) in [4.78, 5) is 68.9. The van der Waals surface area contributed by atoms with E-state index in [1.165, 1.54) is 18.3 Å². The van der Waals surface area contributed by atoms with E-state index in [0.29, 0.717) is 29.1 Å². The molecule has 5 rings (SSSR count). The predicted molar refractivity (Wildman–Crippen MR) is 174 cm³/mol. The summed E-state index contributed by atoms with van der Waals surface area (Å²) in [5.41, 5.74) is 14.7. The van der Waals surface area contributed by atoms with Gasteiger partial charge < -0.3 is 36.8 Å². The second-order valence-electron chi connectivity index (χ2n) is 10.6. The van der Waals surface area contributed by atoms with Crippen molar-refractivity contribution >= 4 is 76.0 Å². The van der Waals surface area contributed by atoms with Crippen LogP contribution in [0.25, 0.3) is 11.2 Å². The Labute approximate surface area is 272 Å². The van der Waals surface area contributed by atoms with Crippen LogP contribution in [0.4, 0.5) is 22.2 Å². The number of nitrogens with two attached hydrogens (primary N) is 2. The molecule has 2 aromatic carbocycles. The lowest BCUT2D eigenvalue weighted by atomic mass is 9.80. The molecular weight excluding hydrogens is 629 g/mol. The lowest BCUT2D eigenvalue weighted by molar-refractivity contribution is -0.139. The van der Waals surface area contributed by atoms with E-state index in [2.05, 4.69) is 25.3 Å². The minimum atomic E-state index is -1.61. The van der Waals surface area contributed by atoms with Crippen LogP contribution < -0.4 is 27.1 Å². The molecule has 8 N–H and O–H groups in total. The zero-order valence-corrected chi connectivity index (χ0v) is 25.6. The fraction of sp³-hybridized carbons (Fsp3) is 0.241. The minimum Gasteiger partial charge on any atom is -0.480 e. The second-order valence-corrected chi connectivity index (χ2v) is 11.6. The summed E-state index contributed by atoms with van der Waals surface area (Å²) in [7, 11) is -1.61. The maximum atomic E-state index is 13.0. The first-order valence-electron chi connectivity index (χ1n) is 14.3. The van der Waals surface area contributed by atoms with Crippen LogP contribution in [-0.2, 0) is 22.7 Å². The number of aromatic nitrogens is 4. The van der Waals surface area contributed by atoms with Gasteiger partial charge >= 0.3 is 13.1 Å². The van der Waals surface area contributed by atoms with E-state index >= 15 is 0 Å². The van der Waals surface area contributed by atoms with E-state index in [0.717, 1.165) is 22.2 Å². The number of nitrogen functional groups attached to an aromatic ring is 2. The Morgan fingerprint density at radius 2 is 1.74 bits per heavy atom. The number of thioether (sulfide) groups is 1. The molecule has 1 atom stereocenters. The van der Waals surface area contributed by atoms with Gasteiger partial charge in [-0.05, 0) is 41.7 Å². The van der Waals surface area contributed by atoms with E-state index in [-0.39, 0.29) is 59.7 Å². The van der Waals surface area contributed by atoms with E-state index in [1.807, 2.05) is 4.90 Å². The Hall–Kier alpha value is -5.33. The van der Waals surface area contributed by atoms with Crippen molar-refractivity contribution in [3.05, 3.63) is 71.5 Å². The third kappa shape index (κ3) is 8.10. The van der Waals surface area contributed by atoms with Gasteiger partial charge in [0.2, 0.25) is 11.9 Å². The topological polar surface area (TPSA) is 251 Å². The highest BCUT2D eigenvalue weighted by Crippen LogP contribution is 2.23. The number of benzene rings is 2. The maximum absolute atomic E-state index is 13.0. The van der Waals surface area contributed by atoms with Gasteiger partial charge in [0.1, 0.15) is 6.04 Å². The molecule has 16 nitrogen and oxygen atoms in total. The van der Waals surface area contributed by atoms with Crippen molar-refractivity contribution in [2.45, 2.75) is 32.0 Å². The fourth-order valence-electron chi connectivity index (χ4n) is 4.85. The number of carboxylic acid groups (broad SMARTS) is 1. The van der Waals surface area contributed by atoms with Crippen molar-refractivity contribution < 1.29 is 34.3 Å². The summed E-state index contributed by atoms with van der Waals surface area (Å²) in [6, 6.07) is 11.8. The van der Waals surface area contributed by atoms with Crippen LogP contribution in [-0.4, -0.2) is 88.5 Å². The van der Waals surface area contributed by atoms with Gasteiger partial charge in [-0.1, -0.05) is 36.0 Å². The minimum absolute atomic E-state index is 0.0276. The number of carboxylic acids is 1. The van der Waals surface area contributed by atoms with E-state index < -0.39 is 30.9 Å². The Balaban J connectivity index is 1.33. The van der Waals surface area contributed by atoms with E-state index in [1.54, 1.807) is 36.4 Å². The first-order valence-corrected chi connectivity index (χ1v) is 15.3. The highest BCUT2D eigenvalue weighted by Gasteiger charge is 2.29. The zero-order valence-electron chi connectivity index (χ0n) is 24.8. The van der Waals surface area contributed by atoms with Gasteiger partial charge in [0.05, 0.1) is 18.4 Å². The lowest BCUT2D eigenvalue weighted by Gasteiger charge is -2.25. The van der Waals surface area contributed by atoms with Crippen molar-refractivity contribution in [1.82, 2.24) is 30.2 Å². The Morgan fingerprint density at radius 1 is 1.02 bits per heavy atom. The quantitative estimate of drug-likeness (QED) is 0.111. The van der Waals surface area contributed by atoms with Crippen molar-refractivity contribution in [2.75, 3.05) is 28.7 Å². The standard InChI is InChI=1S/C29H30BN9O7S/c31-24-23-25(37-28(32)36-24)33-13-19(34-23)15-38(14-16-1-5-18(6-2-16)30(45)46)20-7-3-17(4-8-20)26(41)35-21(27(42)43)9-10-22(40)39-11-12-47-29(39)44/h1-8,13,21,45-46H,9-12,14-15H2,(H,35,41)(H,42,43)(H4,31,32,33,36,37). The van der Waals surface area contributed by atoms with Crippen molar-refractivity contribution in [2.24, 2.45) is 0 Å². The van der Waals surface area contributed by atoms with Crippen LogP contribution in [0.1, 0.15) is 34.5 Å². The number of amides is 3. The molecule has 2 aromatic heterocycles.